The SMILES string of the molecule is Cc1ccnc(N2CCCC3CCCC32)c1CN. The maximum Gasteiger partial charge on any atom is 0.133 e. The summed E-state index contributed by atoms with van der Waals surface area (Å²) in [5.74, 6) is 2.06. The predicted molar refractivity (Wildman–Crippen MR) is 74.6 cm³/mol. The first-order valence-corrected chi connectivity index (χ1v) is 7.22. The van der Waals surface area contributed by atoms with Crippen molar-refractivity contribution in [2.45, 2.75) is 51.6 Å². The van der Waals surface area contributed by atoms with Crippen LogP contribution in [-0.4, -0.2) is 17.6 Å². The number of aryl methyl sites for hydroxylation is 1. The molecule has 1 saturated heterocycles. The summed E-state index contributed by atoms with van der Waals surface area (Å²) >= 11 is 0. The average molecular weight is 245 g/mol. The molecule has 0 spiro atoms. The third-order valence-corrected chi connectivity index (χ3v) is 4.74. The lowest BCUT2D eigenvalue weighted by atomic mass is 9.91. The molecule has 98 valence electrons. The van der Waals surface area contributed by atoms with Crippen LogP contribution >= 0.6 is 0 Å². The first-order valence-electron chi connectivity index (χ1n) is 7.22. The van der Waals surface area contributed by atoms with Crippen molar-refractivity contribution in [3.63, 3.8) is 0 Å². The van der Waals surface area contributed by atoms with Crippen LogP contribution in [0.3, 0.4) is 0 Å². The van der Waals surface area contributed by atoms with E-state index in [9.17, 15) is 0 Å². The molecule has 1 aliphatic carbocycles. The average Bonchev–Trinajstić information content (AvgIpc) is 2.86. The highest BCUT2D eigenvalue weighted by Gasteiger charge is 2.36. The largest absolute Gasteiger partial charge is 0.353 e. The molecule has 3 nitrogen and oxygen atoms in total. The standard InChI is InChI=1S/C15H23N3/c1-11-7-8-17-15(13(11)10-16)18-9-3-5-12-4-2-6-14(12)18/h7-8,12,14H,2-6,9-10,16H2,1H3. The van der Waals surface area contributed by atoms with Crippen molar-refractivity contribution in [3.8, 4) is 0 Å². The maximum atomic E-state index is 5.93. The third kappa shape index (κ3) is 1.91. The highest BCUT2D eigenvalue weighted by atomic mass is 15.2. The second-order valence-electron chi connectivity index (χ2n) is 5.73. The summed E-state index contributed by atoms with van der Waals surface area (Å²) in [7, 11) is 0. The van der Waals surface area contributed by atoms with E-state index in [2.05, 4.69) is 22.9 Å². The van der Waals surface area contributed by atoms with Crippen LogP contribution in [0.25, 0.3) is 0 Å². The van der Waals surface area contributed by atoms with E-state index in [0.717, 1.165) is 24.3 Å². The summed E-state index contributed by atoms with van der Waals surface area (Å²) in [4.78, 5) is 7.19. The van der Waals surface area contributed by atoms with Gasteiger partial charge in [-0.3, -0.25) is 0 Å². The summed E-state index contributed by atoms with van der Waals surface area (Å²) in [6.07, 6.45) is 8.78. The molecule has 3 rings (SSSR count). The number of aromatic nitrogens is 1. The van der Waals surface area contributed by atoms with Crippen LogP contribution in [0.15, 0.2) is 12.3 Å². The Bertz CT molecular complexity index is 430. The number of hydrogen-bond acceptors (Lipinski definition) is 3. The maximum absolute atomic E-state index is 5.93. The third-order valence-electron chi connectivity index (χ3n) is 4.74. The Hall–Kier alpha value is -1.09. The second kappa shape index (κ2) is 4.88. The number of fused-ring (bicyclic) bond motifs is 1. The van der Waals surface area contributed by atoms with E-state index in [1.54, 1.807) is 0 Å². The van der Waals surface area contributed by atoms with E-state index >= 15 is 0 Å². The van der Waals surface area contributed by atoms with E-state index in [-0.39, 0.29) is 0 Å². The summed E-state index contributed by atoms with van der Waals surface area (Å²) in [6, 6.07) is 2.79. The monoisotopic (exact) mass is 245 g/mol. The molecule has 0 bridgehead atoms. The Kier molecular flexibility index (Phi) is 3.25. The van der Waals surface area contributed by atoms with Crippen LogP contribution in [0.4, 0.5) is 5.82 Å². The van der Waals surface area contributed by atoms with E-state index < -0.39 is 0 Å². The van der Waals surface area contributed by atoms with Crippen LogP contribution in [0.5, 0.6) is 0 Å². The van der Waals surface area contributed by atoms with Crippen molar-refractivity contribution in [2.24, 2.45) is 11.7 Å². The Morgan fingerprint density at radius 3 is 3.00 bits per heavy atom. The fourth-order valence-corrected chi connectivity index (χ4v) is 3.79. The minimum atomic E-state index is 0.600. The Morgan fingerprint density at radius 2 is 2.17 bits per heavy atom. The molecule has 3 heteroatoms. The van der Waals surface area contributed by atoms with Crippen LogP contribution in [-0.2, 0) is 6.54 Å². The van der Waals surface area contributed by atoms with Gasteiger partial charge >= 0.3 is 0 Å². The highest BCUT2D eigenvalue weighted by molar-refractivity contribution is 5.51. The minimum absolute atomic E-state index is 0.600. The zero-order chi connectivity index (χ0) is 12.5. The van der Waals surface area contributed by atoms with Crippen molar-refractivity contribution in [2.75, 3.05) is 11.4 Å². The number of nitrogens with two attached hydrogens (primary N) is 1. The molecular weight excluding hydrogens is 222 g/mol. The summed E-state index contributed by atoms with van der Waals surface area (Å²) in [5.41, 5.74) is 8.45. The van der Waals surface area contributed by atoms with Gasteiger partial charge in [0.1, 0.15) is 5.82 Å². The zero-order valence-electron chi connectivity index (χ0n) is 11.2. The lowest BCUT2D eigenvalue weighted by Crippen LogP contribution is -2.43. The van der Waals surface area contributed by atoms with Crippen LogP contribution < -0.4 is 10.6 Å². The first kappa shape index (κ1) is 12.0. The van der Waals surface area contributed by atoms with Crippen LogP contribution in [0.1, 0.15) is 43.2 Å². The highest BCUT2D eigenvalue weighted by Crippen LogP contribution is 2.39. The molecule has 2 fully saturated rings. The molecule has 2 heterocycles. The van der Waals surface area contributed by atoms with Crippen molar-refractivity contribution >= 4 is 5.82 Å². The summed E-state index contributed by atoms with van der Waals surface area (Å²) in [6.45, 7) is 3.90. The lowest BCUT2D eigenvalue weighted by molar-refractivity contribution is 0.360. The number of pyridine rings is 1. The molecule has 1 aliphatic heterocycles. The number of hydrogen-bond donors (Lipinski definition) is 1. The molecule has 0 amide bonds. The topological polar surface area (TPSA) is 42.2 Å². The number of anilines is 1. The molecule has 2 aliphatic rings. The van der Waals surface area contributed by atoms with E-state index in [1.165, 1.54) is 43.2 Å². The van der Waals surface area contributed by atoms with Gasteiger partial charge in [0.05, 0.1) is 0 Å². The summed E-state index contributed by atoms with van der Waals surface area (Å²) in [5, 5.41) is 0. The normalized spacial score (nSPS) is 27.3. The van der Waals surface area contributed by atoms with Crippen LogP contribution in [0.2, 0.25) is 0 Å². The molecule has 1 aromatic heterocycles. The van der Waals surface area contributed by atoms with Crippen LogP contribution in [0, 0.1) is 12.8 Å². The quantitative estimate of drug-likeness (QED) is 0.871. The van der Waals surface area contributed by atoms with Crippen molar-refractivity contribution in [1.29, 1.82) is 0 Å². The van der Waals surface area contributed by atoms with E-state index in [0.29, 0.717) is 6.54 Å². The lowest BCUT2D eigenvalue weighted by Gasteiger charge is -2.39. The Labute approximate surface area is 109 Å². The summed E-state index contributed by atoms with van der Waals surface area (Å²) < 4.78 is 0. The molecule has 2 atom stereocenters. The minimum Gasteiger partial charge on any atom is -0.353 e. The van der Waals surface area contributed by atoms with E-state index in [1.807, 2.05) is 6.20 Å². The fourth-order valence-electron chi connectivity index (χ4n) is 3.79. The first-order chi connectivity index (χ1) is 8.81. The van der Waals surface area contributed by atoms with Gasteiger partial charge in [-0.15, -0.1) is 0 Å². The Morgan fingerprint density at radius 1 is 1.33 bits per heavy atom. The van der Waals surface area contributed by atoms with Crippen molar-refractivity contribution < 1.29 is 0 Å². The van der Waals surface area contributed by atoms with Gasteiger partial charge in [0, 0.05) is 30.9 Å². The number of rotatable bonds is 2. The number of nitrogens with zero attached hydrogens (tertiary/aromatic N) is 2. The Balaban J connectivity index is 1.96. The molecule has 2 N–H and O–H groups in total. The van der Waals surface area contributed by atoms with Gasteiger partial charge in [0.15, 0.2) is 0 Å². The predicted octanol–water partition coefficient (Wildman–Crippen LogP) is 2.62. The van der Waals surface area contributed by atoms with Gasteiger partial charge in [0.2, 0.25) is 0 Å². The van der Waals surface area contributed by atoms with Gasteiger partial charge in [-0.2, -0.15) is 0 Å². The van der Waals surface area contributed by atoms with Gasteiger partial charge in [-0.25, -0.2) is 4.98 Å². The van der Waals surface area contributed by atoms with Gasteiger partial charge in [0.25, 0.3) is 0 Å². The van der Waals surface area contributed by atoms with Gasteiger partial charge < -0.3 is 10.6 Å². The molecular formula is C15H23N3. The zero-order valence-corrected chi connectivity index (χ0v) is 11.2. The van der Waals surface area contributed by atoms with Crippen molar-refractivity contribution in [1.82, 2.24) is 4.98 Å². The molecule has 2 unspecified atom stereocenters. The number of piperidine rings is 1. The van der Waals surface area contributed by atoms with Gasteiger partial charge in [-0.1, -0.05) is 6.42 Å². The second-order valence-corrected chi connectivity index (χ2v) is 5.73. The smallest absolute Gasteiger partial charge is 0.133 e. The molecule has 1 saturated carbocycles. The fraction of sp³-hybridized carbons (Fsp3) is 0.667. The molecule has 0 aromatic carbocycles. The molecule has 0 radical (unpaired) electrons. The van der Waals surface area contributed by atoms with Crippen molar-refractivity contribution in [3.05, 3.63) is 23.4 Å². The van der Waals surface area contributed by atoms with E-state index in [4.69, 9.17) is 5.73 Å². The van der Waals surface area contributed by atoms with Gasteiger partial charge in [-0.05, 0) is 50.2 Å². The molecule has 1 aromatic rings. The molecule has 18 heavy (non-hydrogen) atoms.